The van der Waals surface area contributed by atoms with Crippen LogP contribution < -0.4 is 0 Å². The van der Waals surface area contributed by atoms with Crippen molar-refractivity contribution in [1.82, 2.24) is 4.90 Å². The molecule has 13 heavy (non-hydrogen) atoms. The van der Waals surface area contributed by atoms with Gasteiger partial charge in [0.15, 0.2) is 0 Å². The topological polar surface area (TPSA) is 55.8 Å². The first kappa shape index (κ1) is 9.57. The number of nitrogens with zero attached hydrogens (tertiary/aromatic N) is 1. The Balaban J connectivity index is 2.67. The van der Waals surface area contributed by atoms with Crippen molar-refractivity contribution < 1.29 is 19.1 Å². The van der Waals surface area contributed by atoms with Crippen LogP contribution in [0.15, 0.2) is 12.3 Å². The molecule has 0 aromatic heterocycles. The third-order valence-corrected chi connectivity index (χ3v) is 1.82. The Bertz CT molecular complexity index is 249. The lowest BCUT2D eigenvalue weighted by Gasteiger charge is -2.19. The van der Waals surface area contributed by atoms with Gasteiger partial charge in [0.25, 0.3) is 0 Å². The molecule has 0 spiro atoms. The van der Waals surface area contributed by atoms with E-state index in [2.05, 4.69) is 9.47 Å². The Labute approximate surface area is 75.9 Å². The van der Waals surface area contributed by atoms with E-state index in [-0.39, 0.29) is 0 Å². The monoisotopic (exact) mass is 185 g/mol. The highest BCUT2D eigenvalue weighted by Crippen LogP contribution is 2.16. The van der Waals surface area contributed by atoms with E-state index >= 15 is 0 Å². The maximum Gasteiger partial charge on any atom is 0.414 e. The summed E-state index contributed by atoms with van der Waals surface area (Å²) in [5.41, 5.74) is 0. The number of methoxy groups -OCH3 is 2. The molecule has 0 aliphatic carbocycles. The number of carbonyl (C=O) groups is 2. The fourth-order valence-corrected chi connectivity index (χ4v) is 1.16. The maximum atomic E-state index is 11.1. The van der Waals surface area contributed by atoms with Crippen molar-refractivity contribution in [1.29, 1.82) is 0 Å². The van der Waals surface area contributed by atoms with Gasteiger partial charge in [0, 0.05) is 6.20 Å². The molecule has 0 saturated carbocycles. The number of ether oxygens (including phenoxy) is 2. The molecule has 0 radical (unpaired) electrons. The molecule has 0 aromatic carbocycles. The maximum absolute atomic E-state index is 11.1. The van der Waals surface area contributed by atoms with Gasteiger partial charge in [-0.3, -0.25) is 4.90 Å². The minimum Gasteiger partial charge on any atom is -0.467 e. The molecule has 0 bridgehead atoms. The highest BCUT2D eigenvalue weighted by molar-refractivity contribution is 5.83. The molecule has 1 atom stereocenters. The molecule has 0 N–H and O–H groups in total. The fourth-order valence-electron chi connectivity index (χ4n) is 1.16. The van der Waals surface area contributed by atoms with Crippen molar-refractivity contribution >= 4 is 12.1 Å². The van der Waals surface area contributed by atoms with Crippen LogP contribution in [-0.2, 0) is 14.3 Å². The van der Waals surface area contributed by atoms with Gasteiger partial charge in [0.05, 0.1) is 14.2 Å². The second-order valence-corrected chi connectivity index (χ2v) is 2.54. The lowest BCUT2D eigenvalue weighted by molar-refractivity contribution is -0.144. The summed E-state index contributed by atoms with van der Waals surface area (Å²) in [6, 6.07) is -0.572. The van der Waals surface area contributed by atoms with Crippen molar-refractivity contribution in [3.8, 4) is 0 Å². The molecule has 0 aromatic rings. The van der Waals surface area contributed by atoms with Crippen molar-refractivity contribution in [2.24, 2.45) is 0 Å². The normalized spacial score (nSPS) is 20.2. The molecule has 1 aliphatic heterocycles. The first-order valence-corrected chi connectivity index (χ1v) is 3.81. The highest BCUT2D eigenvalue weighted by Gasteiger charge is 2.32. The first-order valence-electron chi connectivity index (χ1n) is 3.81. The van der Waals surface area contributed by atoms with Gasteiger partial charge in [0.2, 0.25) is 0 Å². The number of esters is 1. The third-order valence-electron chi connectivity index (χ3n) is 1.82. The van der Waals surface area contributed by atoms with E-state index in [1.165, 1.54) is 25.3 Å². The second-order valence-electron chi connectivity index (χ2n) is 2.54. The first-order chi connectivity index (χ1) is 6.20. The number of carbonyl (C=O) groups excluding carboxylic acids is 2. The summed E-state index contributed by atoms with van der Waals surface area (Å²) in [6.07, 6.45) is 3.16. The van der Waals surface area contributed by atoms with Gasteiger partial charge < -0.3 is 9.47 Å². The summed E-state index contributed by atoms with van der Waals surface area (Å²) >= 11 is 0. The molecule has 0 saturated heterocycles. The van der Waals surface area contributed by atoms with Crippen LogP contribution in [0.4, 0.5) is 4.79 Å². The van der Waals surface area contributed by atoms with Crippen molar-refractivity contribution in [2.75, 3.05) is 14.2 Å². The van der Waals surface area contributed by atoms with Gasteiger partial charge in [0.1, 0.15) is 6.04 Å². The molecular weight excluding hydrogens is 174 g/mol. The quantitative estimate of drug-likeness (QED) is 0.558. The van der Waals surface area contributed by atoms with Crippen molar-refractivity contribution in [3.63, 3.8) is 0 Å². The van der Waals surface area contributed by atoms with Crippen LogP contribution >= 0.6 is 0 Å². The van der Waals surface area contributed by atoms with Crippen molar-refractivity contribution in [3.05, 3.63) is 12.3 Å². The van der Waals surface area contributed by atoms with E-state index < -0.39 is 18.1 Å². The molecule has 1 unspecified atom stereocenters. The van der Waals surface area contributed by atoms with E-state index in [9.17, 15) is 9.59 Å². The van der Waals surface area contributed by atoms with Crippen LogP contribution in [0.5, 0.6) is 0 Å². The SMILES string of the molecule is COC(=O)C1CC=CN1C(=O)OC. The van der Waals surface area contributed by atoms with E-state index in [1.807, 2.05) is 0 Å². The van der Waals surface area contributed by atoms with Gasteiger partial charge in [-0.15, -0.1) is 0 Å². The number of amides is 1. The Morgan fingerprint density at radius 3 is 2.62 bits per heavy atom. The second kappa shape index (κ2) is 3.93. The van der Waals surface area contributed by atoms with Gasteiger partial charge in [-0.25, -0.2) is 9.59 Å². The standard InChI is InChI=1S/C8H11NO4/c1-12-7(10)6-4-3-5-9(6)8(11)13-2/h3,5-6H,4H2,1-2H3. The van der Waals surface area contributed by atoms with Crippen LogP contribution in [0.25, 0.3) is 0 Å². The summed E-state index contributed by atoms with van der Waals surface area (Å²) in [5, 5.41) is 0. The zero-order chi connectivity index (χ0) is 9.84. The lowest BCUT2D eigenvalue weighted by Crippen LogP contribution is -2.39. The number of hydrogen-bond acceptors (Lipinski definition) is 4. The fraction of sp³-hybridized carbons (Fsp3) is 0.500. The van der Waals surface area contributed by atoms with Crippen LogP contribution in [0.1, 0.15) is 6.42 Å². The Kier molecular flexibility index (Phi) is 2.89. The molecule has 72 valence electrons. The summed E-state index contributed by atoms with van der Waals surface area (Å²) in [6.45, 7) is 0. The van der Waals surface area contributed by atoms with Crippen molar-refractivity contribution in [2.45, 2.75) is 12.5 Å². The lowest BCUT2D eigenvalue weighted by atomic mass is 10.2. The predicted octanol–water partition coefficient (Wildman–Crippen LogP) is 0.514. The molecule has 5 heteroatoms. The minimum atomic E-state index is -0.572. The number of hydrogen-bond donors (Lipinski definition) is 0. The smallest absolute Gasteiger partial charge is 0.414 e. The van der Waals surface area contributed by atoms with Gasteiger partial charge in [-0.2, -0.15) is 0 Å². The number of rotatable bonds is 1. The third kappa shape index (κ3) is 1.80. The summed E-state index contributed by atoms with van der Waals surface area (Å²) in [4.78, 5) is 23.4. The molecule has 1 aliphatic rings. The van der Waals surface area contributed by atoms with Gasteiger partial charge in [-0.05, 0) is 6.42 Å². The molecule has 1 rings (SSSR count). The Hall–Kier alpha value is -1.52. The highest BCUT2D eigenvalue weighted by atomic mass is 16.5. The molecule has 1 heterocycles. The van der Waals surface area contributed by atoms with Gasteiger partial charge in [-0.1, -0.05) is 6.08 Å². The molecule has 5 nitrogen and oxygen atoms in total. The van der Waals surface area contributed by atoms with Crippen LogP contribution in [0.2, 0.25) is 0 Å². The van der Waals surface area contributed by atoms with Crippen LogP contribution in [0, 0.1) is 0 Å². The average Bonchev–Trinajstić information content (AvgIpc) is 2.63. The summed E-state index contributed by atoms with van der Waals surface area (Å²) in [7, 11) is 2.55. The summed E-state index contributed by atoms with van der Waals surface area (Å²) in [5.74, 6) is -0.435. The van der Waals surface area contributed by atoms with E-state index in [4.69, 9.17) is 0 Å². The largest absolute Gasteiger partial charge is 0.467 e. The molecule has 0 fully saturated rings. The van der Waals surface area contributed by atoms with Gasteiger partial charge >= 0.3 is 12.1 Å². The Morgan fingerprint density at radius 2 is 2.08 bits per heavy atom. The Morgan fingerprint density at radius 1 is 1.38 bits per heavy atom. The molecule has 1 amide bonds. The summed E-state index contributed by atoms with van der Waals surface area (Å²) < 4.78 is 9.02. The van der Waals surface area contributed by atoms with E-state index in [0.29, 0.717) is 6.42 Å². The minimum absolute atomic E-state index is 0.435. The average molecular weight is 185 g/mol. The van der Waals surface area contributed by atoms with Crippen LogP contribution in [-0.4, -0.2) is 37.2 Å². The van der Waals surface area contributed by atoms with E-state index in [0.717, 1.165) is 0 Å². The molecular formula is C8H11NO4. The predicted molar refractivity (Wildman–Crippen MR) is 43.8 cm³/mol. The zero-order valence-electron chi connectivity index (χ0n) is 7.52. The zero-order valence-corrected chi connectivity index (χ0v) is 7.52. The van der Waals surface area contributed by atoms with Crippen LogP contribution in [0.3, 0.4) is 0 Å². The van der Waals surface area contributed by atoms with E-state index in [1.54, 1.807) is 6.08 Å².